The van der Waals surface area contributed by atoms with Gasteiger partial charge in [-0.15, -0.1) is 0 Å². The van der Waals surface area contributed by atoms with E-state index in [0.717, 1.165) is 26.9 Å². The number of ether oxygens (including phenoxy) is 2. The van der Waals surface area contributed by atoms with E-state index in [1.54, 1.807) is 14.2 Å². The zero-order chi connectivity index (χ0) is 14.1. The van der Waals surface area contributed by atoms with Gasteiger partial charge in [-0.3, -0.25) is 0 Å². The molecule has 0 radical (unpaired) electrons. The highest BCUT2D eigenvalue weighted by Crippen LogP contribution is 2.32. The Morgan fingerprint density at radius 3 is 2.55 bits per heavy atom. The van der Waals surface area contributed by atoms with Gasteiger partial charge in [-0.05, 0) is 36.4 Å². The molecule has 3 rings (SSSR count). The molecule has 102 valence electrons. The number of aromatic nitrogens is 2. The van der Waals surface area contributed by atoms with Crippen molar-refractivity contribution >= 4 is 27.0 Å². The van der Waals surface area contributed by atoms with Crippen molar-refractivity contribution < 1.29 is 9.47 Å². The number of fused-ring (bicyclic) bond motifs is 1. The molecule has 0 amide bonds. The zero-order valence-corrected chi connectivity index (χ0v) is 12.7. The zero-order valence-electron chi connectivity index (χ0n) is 11.1. The molecule has 20 heavy (non-hydrogen) atoms. The molecule has 0 aliphatic heterocycles. The Kier molecular flexibility index (Phi) is 3.36. The van der Waals surface area contributed by atoms with Crippen LogP contribution in [0.4, 0.5) is 0 Å². The van der Waals surface area contributed by atoms with Gasteiger partial charge >= 0.3 is 0 Å². The Morgan fingerprint density at radius 1 is 1.00 bits per heavy atom. The number of nitrogens with one attached hydrogen (secondary N) is 1. The third kappa shape index (κ3) is 2.25. The number of hydrogen-bond acceptors (Lipinski definition) is 3. The third-order valence-corrected chi connectivity index (χ3v) is 3.59. The molecule has 0 fully saturated rings. The molecular weight excluding hydrogens is 320 g/mol. The first-order chi connectivity index (χ1) is 9.71. The van der Waals surface area contributed by atoms with Crippen LogP contribution in [0.2, 0.25) is 0 Å². The van der Waals surface area contributed by atoms with Gasteiger partial charge in [0.15, 0.2) is 11.5 Å². The van der Waals surface area contributed by atoms with E-state index >= 15 is 0 Å². The van der Waals surface area contributed by atoms with Crippen LogP contribution in [0.15, 0.2) is 40.9 Å². The number of rotatable bonds is 3. The fourth-order valence-electron chi connectivity index (χ4n) is 2.10. The second-order valence-corrected chi connectivity index (χ2v) is 5.23. The highest BCUT2D eigenvalue weighted by Gasteiger charge is 2.09. The van der Waals surface area contributed by atoms with Crippen molar-refractivity contribution in [2.24, 2.45) is 0 Å². The van der Waals surface area contributed by atoms with E-state index in [1.807, 2.05) is 36.4 Å². The first kappa shape index (κ1) is 13.0. The number of aromatic amines is 1. The smallest absolute Gasteiger partial charge is 0.161 e. The number of halogens is 1. The normalized spacial score (nSPS) is 10.8. The summed E-state index contributed by atoms with van der Waals surface area (Å²) in [5.74, 6) is 2.20. The van der Waals surface area contributed by atoms with Crippen LogP contribution >= 0.6 is 15.9 Å². The van der Waals surface area contributed by atoms with Gasteiger partial charge in [0.2, 0.25) is 0 Å². The summed E-state index contributed by atoms with van der Waals surface area (Å²) in [4.78, 5) is 7.89. The predicted octanol–water partition coefficient (Wildman–Crippen LogP) is 4.01. The lowest BCUT2D eigenvalue weighted by molar-refractivity contribution is 0.355. The van der Waals surface area contributed by atoms with Crippen LogP contribution in [0.1, 0.15) is 0 Å². The molecule has 0 aliphatic carbocycles. The second kappa shape index (κ2) is 5.17. The molecular formula is C15H13BrN2O2. The lowest BCUT2D eigenvalue weighted by atomic mass is 10.2. The molecule has 0 atom stereocenters. The molecule has 0 bridgehead atoms. The summed E-state index contributed by atoms with van der Waals surface area (Å²) in [7, 11) is 3.24. The first-order valence-electron chi connectivity index (χ1n) is 6.09. The van der Waals surface area contributed by atoms with E-state index in [-0.39, 0.29) is 0 Å². The molecule has 0 saturated carbocycles. The summed E-state index contributed by atoms with van der Waals surface area (Å²) in [5, 5.41) is 0. The van der Waals surface area contributed by atoms with Crippen LogP contribution in [0.3, 0.4) is 0 Å². The Labute approximate surface area is 124 Å². The first-order valence-corrected chi connectivity index (χ1v) is 6.88. The molecule has 0 unspecified atom stereocenters. The summed E-state index contributed by atoms with van der Waals surface area (Å²) in [5.41, 5.74) is 2.87. The Balaban J connectivity index is 2.10. The molecule has 1 aromatic heterocycles. The van der Waals surface area contributed by atoms with Gasteiger partial charge < -0.3 is 14.5 Å². The van der Waals surface area contributed by atoms with Gasteiger partial charge in [0.1, 0.15) is 5.82 Å². The number of hydrogen-bond donors (Lipinski definition) is 1. The lowest BCUT2D eigenvalue weighted by Gasteiger charge is -2.08. The molecule has 3 aromatic rings. The fourth-order valence-corrected chi connectivity index (χ4v) is 2.46. The van der Waals surface area contributed by atoms with Crippen molar-refractivity contribution in [1.29, 1.82) is 0 Å². The van der Waals surface area contributed by atoms with E-state index in [1.165, 1.54) is 0 Å². The minimum Gasteiger partial charge on any atom is -0.493 e. The van der Waals surface area contributed by atoms with E-state index in [0.29, 0.717) is 11.5 Å². The van der Waals surface area contributed by atoms with Gasteiger partial charge in [-0.1, -0.05) is 15.9 Å². The molecule has 1 heterocycles. The van der Waals surface area contributed by atoms with Crippen molar-refractivity contribution in [1.82, 2.24) is 9.97 Å². The van der Waals surface area contributed by atoms with Crippen LogP contribution in [0.5, 0.6) is 11.5 Å². The van der Waals surface area contributed by atoms with Crippen molar-refractivity contribution in [3.8, 4) is 22.9 Å². The number of H-pyrrole nitrogens is 1. The lowest BCUT2D eigenvalue weighted by Crippen LogP contribution is -1.91. The van der Waals surface area contributed by atoms with Gasteiger partial charge in [-0.25, -0.2) is 4.98 Å². The summed E-state index contributed by atoms with van der Waals surface area (Å²) in [6, 6.07) is 11.7. The topological polar surface area (TPSA) is 47.1 Å². The summed E-state index contributed by atoms with van der Waals surface area (Å²) in [6.07, 6.45) is 0. The van der Waals surface area contributed by atoms with E-state index in [9.17, 15) is 0 Å². The molecule has 1 N–H and O–H groups in total. The minimum absolute atomic E-state index is 0.687. The predicted molar refractivity (Wildman–Crippen MR) is 82.3 cm³/mol. The maximum Gasteiger partial charge on any atom is 0.161 e. The molecule has 2 aromatic carbocycles. The highest BCUT2D eigenvalue weighted by molar-refractivity contribution is 9.10. The molecule has 0 aliphatic rings. The number of methoxy groups -OCH3 is 2. The fraction of sp³-hybridized carbons (Fsp3) is 0.133. The molecule has 5 heteroatoms. The van der Waals surface area contributed by atoms with Crippen LogP contribution in [-0.4, -0.2) is 24.2 Å². The van der Waals surface area contributed by atoms with Crippen LogP contribution in [-0.2, 0) is 0 Å². The van der Waals surface area contributed by atoms with E-state index in [2.05, 4.69) is 25.9 Å². The Hall–Kier alpha value is -2.01. The largest absolute Gasteiger partial charge is 0.493 e. The summed E-state index contributed by atoms with van der Waals surface area (Å²) in [6.45, 7) is 0. The second-order valence-electron chi connectivity index (χ2n) is 4.32. The number of imidazole rings is 1. The van der Waals surface area contributed by atoms with Crippen molar-refractivity contribution in [3.05, 3.63) is 40.9 Å². The quantitative estimate of drug-likeness (QED) is 0.788. The minimum atomic E-state index is 0.687. The molecule has 0 spiro atoms. The van der Waals surface area contributed by atoms with E-state index in [4.69, 9.17) is 9.47 Å². The number of nitrogens with zero attached hydrogens (tertiary/aromatic N) is 1. The van der Waals surface area contributed by atoms with Gasteiger partial charge in [0.05, 0.1) is 25.3 Å². The van der Waals surface area contributed by atoms with E-state index < -0.39 is 0 Å². The molecule has 4 nitrogen and oxygen atoms in total. The van der Waals surface area contributed by atoms with Gasteiger partial charge in [0, 0.05) is 10.0 Å². The van der Waals surface area contributed by atoms with Gasteiger partial charge in [0.25, 0.3) is 0 Å². The van der Waals surface area contributed by atoms with Crippen molar-refractivity contribution in [3.63, 3.8) is 0 Å². The SMILES string of the molecule is COc1ccc(-c2nc3ccc(Br)cc3[nH]2)cc1OC. The Morgan fingerprint density at radius 2 is 1.80 bits per heavy atom. The number of benzene rings is 2. The Bertz CT molecular complexity index is 768. The van der Waals surface area contributed by atoms with Crippen LogP contribution in [0, 0.1) is 0 Å². The monoisotopic (exact) mass is 332 g/mol. The summed E-state index contributed by atoms with van der Waals surface area (Å²) >= 11 is 3.46. The van der Waals surface area contributed by atoms with Crippen molar-refractivity contribution in [2.45, 2.75) is 0 Å². The van der Waals surface area contributed by atoms with Crippen molar-refractivity contribution in [2.75, 3.05) is 14.2 Å². The van der Waals surface area contributed by atoms with Crippen LogP contribution < -0.4 is 9.47 Å². The average Bonchev–Trinajstić information content (AvgIpc) is 2.89. The van der Waals surface area contributed by atoms with Crippen LogP contribution in [0.25, 0.3) is 22.4 Å². The standard InChI is InChI=1S/C15H13BrN2O2/c1-19-13-6-3-9(7-14(13)20-2)15-17-11-5-4-10(16)8-12(11)18-15/h3-8H,1-2H3,(H,17,18). The van der Waals surface area contributed by atoms with Gasteiger partial charge in [-0.2, -0.15) is 0 Å². The maximum absolute atomic E-state index is 5.32. The average molecular weight is 333 g/mol. The summed E-state index contributed by atoms with van der Waals surface area (Å²) < 4.78 is 11.6. The highest BCUT2D eigenvalue weighted by atomic mass is 79.9. The maximum atomic E-state index is 5.32. The third-order valence-electron chi connectivity index (χ3n) is 3.10. The molecule has 0 saturated heterocycles.